The molecule has 0 atom stereocenters. The average Bonchev–Trinajstić information content (AvgIpc) is 2.84. The Labute approximate surface area is 185 Å². The highest BCUT2D eigenvalue weighted by Crippen LogP contribution is 2.30. The van der Waals surface area contributed by atoms with Crippen molar-refractivity contribution in [1.82, 2.24) is 4.90 Å². The third kappa shape index (κ3) is 5.26. The van der Waals surface area contributed by atoms with Gasteiger partial charge in [0.2, 0.25) is 0 Å². The number of carbonyl (C=O) groups excluding carboxylic acids is 1. The molecule has 3 aromatic rings. The maximum absolute atomic E-state index is 12.5. The minimum absolute atomic E-state index is 0.230. The van der Waals surface area contributed by atoms with E-state index in [-0.39, 0.29) is 6.09 Å². The van der Waals surface area contributed by atoms with Gasteiger partial charge in [0, 0.05) is 31.9 Å². The average molecular weight is 415 g/mol. The van der Waals surface area contributed by atoms with Gasteiger partial charge in [0.1, 0.15) is 6.61 Å². The van der Waals surface area contributed by atoms with Gasteiger partial charge in [0.15, 0.2) is 0 Å². The zero-order valence-corrected chi connectivity index (χ0v) is 18.2. The second kappa shape index (κ2) is 10.2. The molecule has 1 aliphatic rings. The van der Waals surface area contributed by atoms with Crippen molar-refractivity contribution >= 4 is 11.8 Å². The zero-order valence-electron chi connectivity index (χ0n) is 18.2. The minimum Gasteiger partial charge on any atom is -0.445 e. The van der Waals surface area contributed by atoms with Crippen LogP contribution in [0.2, 0.25) is 0 Å². The summed E-state index contributed by atoms with van der Waals surface area (Å²) in [6.07, 6.45) is 1.97. The number of rotatable bonds is 6. The molecule has 1 fully saturated rings. The molecule has 1 aliphatic heterocycles. The molecule has 1 amide bonds. The molecule has 0 spiro atoms. The van der Waals surface area contributed by atoms with Gasteiger partial charge in [0.05, 0.1) is 0 Å². The van der Waals surface area contributed by atoms with E-state index in [0.717, 1.165) is 31.5 Å². The summed E-state index contributed by atoms with van der Waals surface area (Å²) in [5.74, 6) is 0. The summed E-state index contributed by atoms with van der Waals surface area (Å²) in [7, 11) is 0. The molecule has 4 heteroatoms. The Balaban J connectivity index is 1.40. The SMILES string of the molecule is CCCc1ccc(N2CCN(C(=O)OCc3ccccc3)CC2)cc1-c1ccccc1. The third-order valence-corrected chi connectivity index (χ3v) is 5.81. The van der Waals surface area contributed by atoms with Crippen molar-refractivity contribution in [2.24, 2.45) is 0 Å². The maximum Gasteiger partial charge on any atom is 0.410 e. The van der Waals surface area contributed by atoms with Crippen molar-refractivity contribution in [3.8, 4) is 11.1 Å². The lowest BCUT2D eigenvalue weighted by atomic mass is 9.96. The first kappa shape index (κ1) is 21.0. The molecule has 0 bridgehead atoms. The van der Waals surface area contributed by atoms with Crippen LogP contribution in [0.1, 0.15) is 24.5 Å². The summed E-state index contributed by atoms with van der Waals surface area (Å²) in [6, 6.07) is 27.2. The molecular weight excluding hydrogens is 384 g/mol. The maximum atomic E-state index is 12.5. The summed E-state index contributed by atoms with van der Waals surface area (Å²) in [5, 5.41) is 0. The highest BCUT2D eigenvalue weighted by Gasteiger charge is 2.23. The van der Waals surface area contributed by atoms with E-state index in [9.17, 15) is 4.79 Å². The number of aryl methyl sites for hydroxylation is 1. The van der Waals surface area contributed by atoms with Gasteiger partial charge in [-0.1, -0.05) is 80.1 Å². The summed E-state index contributed by atoms with van der Waals surface area (Å²) < 4.78 is 5.50. The summed E-state index contributed by atoms with van der Waals surface area (Å²) in [5.41, 5.74) is 6.19. The molecule has 0 N–H and O–H groups in total. The zero-order chi connectivity index (χ0) is 21.5. The Morgan fingerprint density at radius 2 is 1.55 bits per heavy atom. The number of nitrogens with zero attached hydrogens (tertiary/aromatic N) is 2. The minimum atomic E-state index is -0.230. The van der Waals surface area contributed by atoms with Crippen molar-refractivity contribution < 1.29 is 9.53 Å². The number of benzene rings is 3. The number of piperazine rings is 1. The monoisotopic (exact) mass is 414 g/mol. The van der Waals surface area contributed by atoms with Crippen LogP contribution in [0.25, 0.3) is 11.1 Å². The Kier molecular flexibility index (Phi) is 6.88. The van der Waals surface area contributed by atoms with Crippen LogP contribution in [0.15, 0.2) is 78.9 Å². The van der Waals surface area contributed by atoms with Crippen LogP contribution in [-0.2, 0) is 17.8 Å². The fourth-order valence-electron chi connectivity index (χ4n) is 4.09. The Morgan fingerprint density at radius 3 is 2.23 bits per heavy atom. The molecule has 0 aliphatic carbocycles. The molecule has 0 radical (unpaired) electrons. The largest absolute Gasteiger partial charge is 0.445 e. The van der Waals surface area contributed by atoms with Crippen LogP contribution >= 0.6 is 0 Å². The molecule has 0 saturated carbocycles. The normalized spacial score (nSPS) is 13.8. The van der Waals surface area contributed by atoms with Crippen LogP contribution in [0.4, 0.5) is 10.5 Å². The van der Waals surface area contributed by atoms with Crippen LogP contribution in [0.3, 0.4) is 0 Å². The van der Waals surface area contributed by atoms with E-state index in [1.165, 1.54) is 22.4 Å². The van der Waals surface area contributed by atoms with Gasteiger partial charge in [-0.3, -0.25) is 0 Å². The van der Waals surface area contributed by atoms with Crippen LogP contribution in [0, 0.1) is 0 Å². The van der Waals surface area contributed by atoms with Gasteiger partial charge in [-0.05, 0) is 40.8 Å². The number of carbonyl (C=O) groups is 1. The van der Waals surface area contributed by atoms with Crippen molar-refractivity contribution in [3.05, 3.63) is 90.0 Å². The van der Waals surface area contributed by atoms with Crippen LogP contribution in [0.5, 0.6) is 0 Å². The van der Waals surface area contributed by atoms with Crippen molar-refractivity contribution in [2.45, 2.75) is 26.4 Å². The highest BCUT2D eigenvalue weighted by atomic mass is 16.6. The molecule has 0 unspecified atom stereocenters. The van der Waals surface area contributed by atoms with Gasteiger partial charge < -0.3 is 14.5 Å². The summed E-state index contributed by atoms with van der Waals surface area (Å²) in [6.45, 7) is 5.50. The first-order valence-electron chi connectivity index (χ1n) is 11.1. The fraction of sp³-hybridized carbons (Fsp3) is 0.296. The topological polar surface area (TPSA) is 32.8 Å². The number of hydrogen-bond donors (Lipinski definition) is 0. The predicted octanol–water partition coefficient (Wildman–Crippen LogP) is 5.76. The van der Waals surface area contributed by atoms with Crippen molar-refractivity contribution in [3.63, 3.8) is 0 Å². The Morgan fingerprint density at radius 1 is 0.871 bits per heavy atom. The second-order valence-corrected chi connectivity index (χ2v) is 7.97. The first-order valence-corrected chi connectivity index (χ1v) is 11.1. The summed E-state index contributed by atoms with van der Waals surface area (Å²) in [4.78, 5) is 16.6. The first-order chi connectivity index (χ1) is 15.2. The Bertz CT molecular complexity index is 981. The molecule has 31 heavy (non-hydrogen) atoms. The number of amides is 1. The number of anilines is 1. The van der Waals surface area contributed by atoms with E-state index in [1.54, 1.807) is 0 Å². The van der Waals surface area contributed by atoms with Crippen LogP contribution < -0.4 is 4.90 Å². The highest BCUT2D eigenvalue weighted by molar-refractivity contribution is 5.73. The summed E-state index contributed by atoms with van der Waals surface area (Å²) >= 11 is 0. The molecule has 0 aromatic heterocycles. The fourth-order valence-corrected chi connectivity index (χ4v) is 4.09. The molecule has 160 valence electrons. The second-order valence-electron chi connectivity index (χ2n) is 7.97. The van der Waals surface area contributed by atoms with E-state index >= 15 is 0 Å². The molecule has 4 nitrogen and oxygen atoms in total. The molecular formula is C27H30N2O2. The van der Waals surface area contributed by atoms with Gasteiger partial charge in [-0.15, -0.1) is 0 Å². The number of hydrogen-bond acceptors (Lipinski definition) is 3. The lowest BCUT2D eigenvalue weighted by Crippen LogP contribution is -2.49. The van der Waals surface area contributed by atoms with Crippen molar-refractivity contribution in [1.29, 1.82) is 0 Å². The lowest BCUT2D eigenvalue weighted by Gasteiger charge is -2.35. The molecule has 1 saturated heterocycles. The van der Waals surface area contributed by atoms with Crippen molar-refractivity contribution in [2.75, 3.05) is 31.1 Å². The van der Waals surface area contributed by atoms with Gasteiger partial charge in [0.25, 0.3) is 0 Å². The molecule has 4 rings (SSSR count). The van der Waals surface area contributed by atoms with E-state index in [0.29, 0.717) is 19.7 Å². The third-order valence-electron chi connectivity index (χ3n) is 5.81. The van der Waals surface area contributed by atoms with Gasteiger partial charge in [-0.2, -0.15) is 0 Å². The lowest BCUT2D eigenvalue weighted by molar-refractivity contribution is 0.0942. The van der Waals surface area contributed by atoms with E-state index in [1.807, 2.05) is 35.2 Å². The number of ether oxygens (including phenoxy) is 1. The quantitative estimate of drug-likeness (QED) is 0.514. The van der Waals surface area contributed by atoms with Crippen LogP contribution in [-0.4, -0.2) is 37.2 Å². The van der Waals surface area contributed by atoms with Gasteiger partial charge >= 0.3 is 6.09 Å². The Hall–Kier alpha value is -3.27. The standard InChI is InChI=1S/C27H30N2O2/c1-2-9-23-14-15-25(20-26(23)24-12-7-4-8-13-24)28-16-18-29(19-17-28)27(30)31-21-22-10-5-3-6-11-22/h3-8,10-15,20H,2,9,16-19,21H2,1H3. The molecule has 3 aromatic carbocycles. The van der Waals surface area contributed by atoms with Gasteiger partial charge in [-0.25, -0.2) is 4.79 Å². The smallest absolute Gasteiger partial charge is 0.410 e. The molecule has 1 heterocycles. The van der Waals surface area contributed by atoms with E-state index < -0.39 is 0 Å². The van der Waals surface area contributed by atoms with E-state index in [4.69, 9.17) is 4.74 Å². The van der Waals surface area contributed by atoms with E-state index in [2.05, 4.69) is 60.4 Å². The predicted molar refractivity (Wildman–Crippen MR) is 126 cm³/mol.